The summed E-state index contributed by atoms with van der Waals surface area (Å²) in [6.45, 7) is 11.4. The van der Waals surface area contributed by atoms with E-state index in [0.717, 1.165) is 13.1 Å². The summed E-state index contributed by atoms with van der Waals surface area (Å²) in [4.78, 5) is 15.9. The molecule has 0 aromatic carbocycles. The van der Waals surface area contributed by atoms with Crippen molar-refractivity contribution in [1.29, 1.82) is 0 Å². The summed E-state index contributed by atoms with van der Waals surface area (Å²) in [6, 6.07) is 0. The van der Waals surface area contributed by atoms with Crippen molar-refractivity contribution in [3.63, 3.8) is 0 Å². The Kier molecular flexibility index (Phi) is 3.29. The summed E-state index contributed by atoms with van der Waals surface area (Å²) in [7, 11) is 0. The van der Waals surface area contributed by atoms with Gasteiger partial charge in [0, 0.05) is 20.0 Å². The van der Waals surface area contributed by atoms with Gasteiger partial charge in [0.2, 0.25) is 12.8 Å². The lowest BCUT2D eigenvalue weighted by molar-refractivity contribution is -0.131. The van der Waals surface area contributed by atoms with Gasteiger partial charge in [0.15, 0.2) is 0 Å². The minimum absolute atomic E-state index is 0.244. The zero-order valence-corrected chi connectivity index (χ0v) is 10.8. The maximum atomic E-state index is 11.3. The SMILES string of the molecule is CB(C)N1CCC2(CCN(C(C)=O)CC2)C1. The van der Waals surface area contributed by atoms with Gasteiger partial charge in [-0.1, -0.05) is 13.6 Å². The molecule has 2 aliphatic heterocycles. The van der Waals surface area contributed by atoms with Crippen LogP contribution in [0.4, 0.5) is 0 Å². The molecule has 3 nitrogen and oxygen atoms in total. The van der Waals surface area contributed by atoms with E-state index in [-0.39, 0.29) is 5.91 Å². The van der Waals surface area contributed by atoms with Gasteiger partial charge in [-0.05, 0) is 37.8 Å². The molecule has 0 aliphatic carbocycles. The molecule has 0 unspecified atom stereocenters. The molecule has 0 saturated carbocycles. The molecule has 2 rings (SSSR count). The maximum Gasteiger partial charge on any atom is 0.219 e. The largest absolute Gasteiger partial charge is 0.343 e. The number of rotatable bonds is 1. The monoisotopic (exact) mass is 222 g/mol. The highest BCUT2D eigenvalue weighted by Gasteiger charge is 2.41. The molecule has 0 aromatic rings. The van der Waals surface area contributed by atoms with E-state index in [0.29, 0.717) is 12.3 Å². The number of piperidine rings is 1. The molecule has 1 amide bonds. The Labute approximate surface area is 99.3 Å². The van der Waals surface area contributed by atoms with E-state index < -0.39 is 0 Å². The molecule has 90 valence electrons. The summed E-state index contributed by atoms with van der Waals surface area (Å²) in [5.74, 6) is 0.244. The molecule has 4 heteroatoms. The molecule has 0 aromatic heterocycles. The number of carbonyl (C=O) groups excluding carboxylic acids is 1. The smallest absolute Gasteiger partial charge is 0.219 e. The van der Waals surface area contributed by atoms with Crippen LogP contribution >= 0.6 is 0 Å². The first kappa shape index (κ1) is 12.0. The highest BCUT2D eigenvalue weighted by molar-refractivity contribution is 6.52. The van der Waals surface area contributed by atoms with Crippen molar-refractivity contribution in [1.82, 2.24) is 9.71 Å². The molecular weight excluding hydrogens is 199 g/mol. The highest BCUT2D eigenvalue weighted by Crippen LogP contribution is 2.40. The van der Waals surface area contributed by atoms with Crippen molar-refractivity contribution in [3.8, 4) is 0 Å². The van der Waals surface area contributed by atoms with Crippen molar-refractivity contribution in [3.05, 3.63) is 0 Å². The van der Waals surface area contributed by atoms with Crippen molar-refractivity contribution in [2.45, 2.75) is 39.8 Å². The Morgan fingerprint density at radius 2 is 1.69 bits per heavy atom. The van der Waals surface area contributed by atoms with Crippen molar-refractivity contribution in [2.24, 2.45) is 5.41 Å². The van der Waals surface area contributed by atoms with Gasteiger partial charge in [0.1, 0.15) is 0 Å². The molecular formula is C12H23BN2O. The molecule has 1 spiro atoms. The van der Waals surface area contributed by atoms with Gasteiger partial charge in [-0.15, -0.1) is 0 Å². The number of hydrogen-bond donors (Lipinski definition) is 0. The van der Waals surface area contributed by atoms with Crippen LogP contribution in [0.5, 0.6) is 0 Å². The molecule has 2 fully saturated rings. The molecule has 0 N–H and O–H groups in total. The first-order valence-electron chi connectivity index (χ1n) is 6.52. The molecule has 2 aliphatic rings. The maximum absolute atomic E-state index is 11.3. The van der Waals surface area contributed by atoms with Crippen LogP contribution in [-0.2, 0) is 4.79 Å². The normalized spacial score (nSPS) is 25.1. The van der Waals surface area contributed by atoms with Gasteiger partial charge in [0.05, 0.1) is 0 Å². The molecule has 2 heterocycles. The summed E-state index contributed by atoms with van der Waals surface area (Å²) in [5, 5.41) is 0. The average molecular weight is 222 g/mol. The Hall–Kier alpha value is -0.505. The fraction of sp³-hybridized carbons (Fsp3) is 0.917. The van der Waals surface area contributed by atoms with Gasteiger partial charge in [0.25, 0.3) is 0 Å². The van der Waals surface area contributed by atoms with E-state index in [9.17, 15) is 4.79 Å². The highest BCUT2D eigenvalue weighted by atomic mass is 16.2. The van der Waals surface area contributed by atoms with Crippen LogP contribution in [-0.4, -0.2) is 48.6 Å². The molecule has 0 atom stereocenters. The topological polar surface area (TPSA) is 23.6 Å². The van der Waals surface area contributed by atoms with Gasteiger partial charge in [-0.3, -0.25) is 4.79 Å². The number of nitrogens with zero attached hydrogens (tertiary/aromatic N) is 2. The second-order valence-electron chi connectivity index (χ2n) is 5.82. The molecule has 0 bridgehead atoms. The van der Waals surface area contributed by atoms with E-state index in [1.807, 2.05) is 4.90 Å². The lowest BCUT2D eigenvalue weighted by Gasteiger charge is -2.39. The fourth-order valence-corrected chi connectivity index (χ4v) is 3.11. The fourth-order valence-electron chi connectivity index (χ4n) is 3.11. The summed E-state index contributed by atoms with van der Waals surface area (Å²) < 4.78 is 0. The number of likely N-dealkylation sites (tertiary alicyclic amines) is 1. The quantitative estimate of drug-likeness (QED) is 0.629. The van der Waals surface area contributed by atoms with Crippen LogP contribution in [0.15, 0.2) is 0 Å². The van der Waals surface area contributed by atoms with Crippen LogP contribution in [0.1, 0.15) is 26.2 Å². The lowest BCUT2D eigenvalue weighted by atomic mass is 9.66. The standard InChI is InChI=1S/C12H23BN2O/c1-11(16)14-7-4-12(5-8-14)6-9-15(10-12)13(2)3/h4-10H2,1-3H3. The van der Waals surface area contributed by atoms with Crippen LogP contribution in [0.25, 0.3) is 0 Å². The summed E-state index contributed by atoms with van der Waals surface area (Å²) in [5.41, 5.74) is 0.524. The lowest BCUT2D eigenvalue weighted by Crippen LogP contribution is -2.44. The summed E-state index contributed by atoms with van der Waals surface area (Å²) in [6.07, 6.45) is 3.74. The van der Waals surface area contributed by atoms with E-state index in [2.05, 4.69) is 18.5 Å². The van der Waals surface area contributed by atoms with Gasteiger partial charge >= 0.3 is 0 Å². The van der Waals surface area contributed by atoms with Gasteiger partial charge in [-0.25, -0.2) is 0 Å². The van der Waals surface area contributed by atoms with Crippen LogP contribution in [0, 0.1) is 5.41 Å². The predicted molar refractivity (Wildman–Crippen MR) is 67.6 cm³/mol. The second kappa shape index (κ2) is 4.40. The molecule has 16 heavy (non-hydrogen) atoms. The second-order valence-corrected chi connectivity index (χ2v) is 5.82. The molecule has 2 saturated heterocycles. The average Bonchev–Trinajstić information content (AvgIpc) is 2.63. The van der Waals surface area contributed by atoms with Gasteiger partial charge < -0.3 is 9.71 Å². The van der Waals surface area contributed by atoms with Crippen LogP contribution in [0.2, 0.25) is 13.6 Å². The predicted octanol–water partition coefficient (Wildman–Crippen LogP) is 1.57. The van der Waals surface area contributed by atoms with Crippen molar-refractivity contribution < 1.29 is 4.79 Å². The van der Waals surface area contributed by atoms with Crippen LogP contribution < -0.4 is 0 Å². The summed E-state index contributed by atoms with van der Waals surface area (Å²) >= 11 is 0. The number of carbonyl (C=O) groups is 1. The molecule has 0 radical (unpaired) electrons. The number of hydrogen-bond acceptors (Lipinski definition) is 2. The minimum Gasteiger partial charge on any atom is -0.343 e. The Balaban J connectivity index is 1.91. The number of amides is 1. The van der Waals surface area contributed by atoms with Gasteiger partial charge in [-0.2, -0.15) is 0 Å². The first-order valence-corrected chi connectivity index (χ1v) is 6.52. The Morgan fingerprint density at radius 1 is 1.12 bits per heavy atom. The van der Waals surface area contributed by atoms with E-state index >= 15 is 0 Å². The van der Waals surface area contributed by atoms with E-state index in [1.165, 1.54) is 32.4 Å². The third kappa shape index (κ3) is 2.27. The van der Waals surface area contributed by atoms with E-state index in [4.69, 9.17) is 0 Å². The third-order valence-electron chi connectivity index (χ3n) is 4.47. The zero-order chi connectivity index (χ0) is 11.8. The van der Waals surface area contributed by atoms with E-state index in [1.54, 1.807) is 6.92 Å². The minimum atomic E-state index is 0.244. The third-order valence-corrected chi connectivity index (χ3v) is 4.47. The van der Waals surface area contributed by atoms with Crippen LogP contribution in [0.3, 0.4) is 0 Å². The first-order chi connectivity index (χ1) is 7.52. The Bertz CT molecular complexity index is 272. The zero-order valence-electron chi connectivity index (χ0n) is 10.8. The van der Waals surface area contributed by atoms with Crippen molar-refractivity contribution in [2.75, 3.05) is 26.2 Å². The Morgan fingerprint density at radius 3 is 2.12 bits per heavy atom. The van der Waals surface area contributed by atoms with Crippen molar-refractivity contribution >= 4 is 12.8 Å².